The van der Waals surface area contributed by atoms with Crippen LogP contribution >= 0.6 is 34.8 Å². The topological polar surface area (TPSA) is 81.4 Å². The molecule has 0 aliphatic carbocycles. The van der Waals surface area contributed by atoms with Crippen LogP contribution in [-0.2, 0) is 10.4 Å². The minimum Gasteiger partial charge on any atom is -0.441 e. The largest absolute Gasteiger partial charge is 0.441 e. The zero-order valence-electron chi connectivity index (χ0n) is 19.0. The van der Waals surface area contributed by atoms with Crippen LogP contribution in [-0.4, -0.2) is 24.4 Å². The number of halogens is 10. The Morgan fingerprint density at radius 3 is 1.73 bits per heavy atom. The summed E-state index contributed by atoms with van der Waals surface area (Å²) in [4.78, 5) is 24.0. The molecule has 0 aliphatic heterocycles. The van der Waals surface area contributed by atoms with Gasteiger partial charge in [0.15, 0.2) is 0 Å². The number of hydrogen-bond donors (Lipinski definition) is 2. The first-order valence-corrected chi connectivity index (χ1v) is 11.1. The molecule has 0 heterocycles. The van der Waals surface area contributed by atoms with Crippen LogP contribution in [0.2, 0.25) is 15.1 Å². The Morgan fingerprint density at radius 1 is 0.865 bits per heavy atom. The Bertz CT molecular complexity index is 1170. The lowest BCUT2D eigenvalue weighted by atomic mass is 9.84. The standard InChI is InChI=1S/C22H18Cl3F7N2O3/c1-19(2,3)16(37-18(33)36)11-5-4-9(6-12(11)23)17(35)34-15-13(24)7-10(8-14(15)25)20(26,21(27,28)29)22(30,31)32/h4-8,16H,1-3H3,(H2,33,36)(H,34,35). The molecular weight excluding hydrogens is 580 g/mol. The van der Waals surface area contributed by atoms with Gasteiger partial charge in [0.25, 0.3) is 5.91 Å². The number of nitrogens with two attached hydrogens (primary N) is 1. The smallest absolute Gasteiger partial charge is 0.435 e. The van der Waals surface area contributed by atoms with Gasteiger partial charge in [0.1, 0.15) is 6.10 Å². The minimum atomic E-state index is -6.38. The summed E-state index contributed by atoms with van der Waals surface area (Å²) < 4.78 is 97.8. The minimum absolute atomic E-state index is 0.0288. The zero-order chi connectivity index (χ0) is 28.7. The van der Waals surface area contributed by atoms with Crippen LogP contribution in [0.15, 0.2) is 30.3 Å². The lowest BCUT2D eigenvalue weighted by Gasteiger charge is -2.31. The van der Waals surface area contributed by atoms with E-state index in [1.54, 1.807) is 20.8 Å². The van der Waals surface area contributed by atoms with E-state index < -0.39 is 62.8 Å². The fourth-order valence-corrected chi connectivity index (χ4v) is 4.13. The van der Waals surface area contributed by atoms with Crippen molar-refractivity contribution in [1.29, 1.82) is 0 Å². The van der Waals surface area contributed by atoms with E-state index in [9.17, 15) is 40.3 Å². The summed E-state index contributed by atoms with van der Waals surface area (Å²) in [5.41, 5.74) is -3.66. The van der Waals surface area contributed by atoms with E-state index in [0.717, 1.165) is 6.07 Å². The Labute approximate surface area is 221 Å². The Balaban J connectivity index is 2.44. The average molecular weight is 598 g/mol. The van der Waals surface area contributed by atoms with Crippen LogP contribution in [0.25, 0.3) is 0 Å². The van der Waals surface area contributed by atoms with Gasteiger partial charge in [-0.1, -0.05) is 61.6 Å². The monoisotopic (exact) mass is 596 g/mol. The molecular formula is C22H18Cl3F7N2O3. The molecule has 204 valence electrons. The Hall–Kier alpha value is -2.44. The molecule has 2 aromatic rings. The van der Waals surface area contributed by atoms with Crippen molar-refractivity contribution in [3.8, 4) is 0 Å². The highest BCUT2D eigenvalue weighted by atomic mass is 35.5. The molecule has 0 saturated carbocycles. The number of benzene rings is 2. The Kier molecular flexibility index (Phi) is 8.63. The SMILES string of the molecule is CC(C)(C)C(OC(N)=O)c1ccc(C(=O)Nc2c(Cl)cc(C(F)(C(F)(F)F)C(F)(F)F)cc2Cl)cc1Cl. The molecule has 2 rings (SSSR count). The normalized spacial score (nSPS) is 13.8. The average Bonchev–Trinajstić information content (AvgIpc) is 2.71. The maximum atomic E-state index is 14.4. The van der Waals surface area contributed by atoms with Crippen LogP contribution in [0.1, 0.15) is 48.4 Å². The van der Waals surface area contributed by atoms with Gasteiger partial charge in [0, 0.05) is 27.1 Å². The van der Waals surface area contributed by atoms with Gasteiger partial charge in [-0.3, -0.25) is 4.79 Å². The predicted molar refractivity (Wildman–Crippen MR) is 124 cm³/mol. The van der Waals surface area contributed by atoms with Crippen LogP contribution in [0.4, 0.5) is 41.2 Å². The molecule has 0 bridgehead atoms. The number of ether oxygens (including phenoxy) is 1. The van der Waals surface area contributed by atoms with Gasteiger partial charge in [0.05, 0.1) is 15.7 Å². The van der Waals surface area contributed by atoms with Crippen molar-refractivity contribution in [2.75, 3.05) is 5.32 Å². The number of amides is 2. The van der Waals surface area contributed by atoms with Gasteiger partial charge in [0.2, 0.25) is 0 Å². The lowest BCUT2D eigenvalue weighted by molar-refractivity contribution is -0.348. The molecule has 3 N–H and O–H groups in total. The first-order chi connectivity index (χ1) is 16.6. The highest BCUT2D eigenvalue weighted by molar-refractivity contribution is 6.40. The van der Waals surface area contributed by atoms with Crippen LogP contribution in [0.5, 0.6) is 0 Å². The van der Waals surface area contributed by atoms with Crippen molar-refractivity contribution >= 4 is 52.5 Å². The fourth-order valence-electron chi connectivity index (χ4n) is 3.27. The van der Waals surface area contributed by atoms with Crippen molar-refractivity contribution in [2.24, 2.45) is 11.1 Å². The van der Waals surface area contributed by atoms with Crippen molar-refractivity contribution in [3.05, 3.63) is 62.1 Å². The number of rotatable bonds is 5. The second-order valence-corrected chi connectivity index (χ2v) is 10.1. The second-order valence-electron chi connectivity index (χ2n) is 8.84. The van der Waals surface area contributed by atoms with Crippen molar-refractivity contribution in [3.63, 3.8) is 0 Å². The number of alkyl halides is 7. The summed E-state index contributed by atoms with van der Waals surface area (Å²) in [6.45, 7) is 5.19. The third kappa shape index (κ3) is 6.35. The molecule has 0 radical (unpaired) electrons. The summed E-state index contributed by atoms with van der Waals surface area (Å²) in [6.07, 6.45) is -14.7. The highest BCUT2D eigenvalue weighted by Crippen LogP contribution is 2.54. The third-order valence-corrected chi connectivity index (χ3v) is 5.95. The molecule has 1 unspecified atom stereocenters. The lowest BCUT2D eigenvalue weighted by Crippen LogP contribution is -2.50. The summed E-state index contributed by atoms with van der Waals surface area (Å²) >= 11 is 17.8. The third-order valence-electron chi connectivity index (χ3n) is 5.03. The van der Waals surface area contributed by atoms with Crippen molar-refractivity contribution in [2.45, 2.75) is 44.9 Å². The highest BCUT2D eigenvalue weighted by Gasteiger charge is 2.73. The second kappa shape index (κ2) is 10.4. The molecule has 0 fully saturated rings. The van der Waals surface area contributed by atoms with Gasteiger partial charge in [-0.05, 0) is 24.3 Å². The first-order valence-electron chi connectivity index (χ1n) is 10.00. The van der Waals surface area contributed by atoms with E-state index in [4.69, 9.17) is 45.3 Å². The molecule has 5 nitrogen and oxygen atoms in total. The van der Waals surface area contributed by atoms with Crippen LogP contribution in [0.3, 0.4) is 0 Å². The number of anilines is 1. The van der Waals surface area contributed by atoms with Crippen LogP contribution < -0.4 is 11.1 Å². The van der Waals surface area contributed by atoms with E-state index in [-0.39, 0.29) is 22.7 Å². The van der Waals surface area contributed by atoms with E-state index in [1.165, 1.54) is 12.1 Å². The van der Waals surface area contributed by atoms with E-state index in [0.29, 0.717) is 5.56 Å². The van der Waals surface area contributed by atoms with E-state index in [1.807, 2.05) is 0 Å². The molecule has 0 aromatic heterocycles. The maximum absolute atomic E-state index is 14.4. The van der Waals surface area contributed by atoms with Gasteiger partial charge in [-0.15, -0.1) is 0 Å². The number of carbonyl (C=O) groups excluding carboxylic acids is 2. The molecule has 0 spiro atoms. The van der Waals surface area contributed by atoms with Crippen LogP contribution in [0, 0.1) is 5.41 Å². The Morgan fingerprint density at radius 2 is 1.35 bits per heavy atom. The predicted octanol–water partition coefficient (Wildman–Crippen LogP) is 8.37. The summed E-state index contributed by atoms with van der Waals surface area (Å²) in [5, 5.41) is 0.325. The maximum Gasteiger partial charge on any atom is 0.435 e. The molecule has 37 heavy (non-hydrogen) atoms. The molecule has 15 heteroatoms. The quantitative estimate of drug-likeness (QED) is 0.340. The fraction of sp³-hybridized carbons (Fsp3) is 0.364. The van der Waals surface area contributed by atoms with Gasteiger partial charge in [-0.2, -0.15) is 26.3 Å². The van der Waals surface area contributed by atoms with Gasteiger partial charge < -0.3 is 15.8 Å². The van der Waals surface area contributed by atoms with E-state index in [2.05, 4.69) is 5.32 Å². The van der Waals surface area contributed by atoms with Crippen molar-refractivity contribution < 1.29 is 45.1 Å². The molecule has 1 atom stereocenters. The number of hydrogen-bond acceptors (Lipinski definition) is 3. The number of primary amides is 1. The zero-order valence-corrected chi connectivity index (χ0v) is 21.3. The molecule has 0 saturated heterocycles. The molecule has 2 aromatic carbocycles. The number of carbonyl (C=O) groups is 2. The van der Waals surface area contributed by atoms with Crippen molar-refractivity contribution in [1.82, 2.24) is 0 Å². The van der Waals surface area contributed by atoms with Gasteiger partial charge in [-0.25, -0.2) is 9.18 Å². The number of nitrogens with one attached hydrogen (secondary N) is 1. The van der Waals surface area contributed by atoms with E-state index >= 15 is 0 Å². The summed E-state index contributed by atoms with van der Waals surface area (Å²) in [7, 11) is 0. The molecule has 2 amide bonds. The summed E-state index contributed by atoms with van der Waals surface area (Å²) in [6, 6.07) is 3.89. The van der Waals surface area contributed by atoms with Gasteiger partial charge >= 0.3 is 24.1 Å². The first kappa shape index (κ1) is 30.8. The summed E-state index contributed by atoms with van der Waals surface area (Å²) in [5.74, 6) is -0.966. The molecule has 0 aliphatic rings.